The molecule has 0 aromatic heterocycles. The highest BCUT2D eigenvalue weighted by atomic mass is 32.2. The van der Waals surface area contributed by atoms with Gasteiger partial charge in [-0.3, -0.25) is 4.79 Å². The minimum Gasteiger partial charge on any atom is -0.494 e. The second-order valence-electron chi connectivity index (χ2n) is 5.15. The van der Waals surface area contributed by atoms with Gasteiger partial charge in [0.15, 0.2) is 0 Å². The van der Waals surface area contributed by atoms with E-state index in [9.17, 15) is 13.2 Å². The van der Waals surface area contributed by atoms with Crippen molar-refractivity contribution in [3.63, 3.8) is 0 Å². The lowest BCUT2D eigenvalue weighted by Crippen LogP contribution is -2.30. The quantitative estimate of drug-likeness (QED) is 0.889. The average Bonchev–Trinajstić information content (AvgIpc) is 2.82. The van der Waals surface area contributed by atoms with Gasteiger partial charge in [0.1, 0.15) is 5.75 Å². The summed E-state index contributed by atoms with van der Waals surface area (Å²) in [6, 6.07) is 6.27. The summed E-state index contributed by atoms with van der Waals surface area (Å²) in [6.45, 7) is 4.26. The van der Waals surface area contributed by atoms with E-state index >= 15 is 0 Å². The third kappa shape index (κ3) is 3.19. The first-order valence-corrected chi connectivity index (χ1v) is 8.26. The summed E-state index contributed by atoms with van der Waals surface area (Å²) in [5.74, 6) is -1.33. The lowest BCUT2D eigenvalue weighted by molar-refractivity contribution is -0.142. The molecule has 0 aliphatic carbocycles. The Bertz CT molecular complexity index is 628. The van der Waals surface area contributed by atoms with Crippen LogP contribution in [0.5, 0.6) is 5.75 Å². The highest BCUT2D eigenvalue weighted by molar-refractivity contribution is 7.89. The van der Waals surface area contributed by atoms with E-state index in [1.165, 1.54) is 16.4 Å². The van der Waals surface area contributed by atoms with Crippen LogP contribution in [0.25, 0.3) is 0 Å². The largest absolute Gasteiger partial charge is 0.494 e. The highest BCUT2D eigenvalue weighted by Crippen LogP contribution is 2.29. The molecule has 1 aliphatic rings. The molecule has 0 radical (unpaired) electrons. The summed E-state index contributed by atoms with van der Waals surface area (Å²) in [5, 5.41) is 9.11. The van der Waals surface area contributed by atoms with E-state index in [2.05, 4.69) is 0 Å². The first kappa shape index (κ1) is 15.8. The van der Waals surface area contributed by atoms with Crippen LogP contribution in [0, 0.1) is 11.8 Å². The number of hydrogen-bond acceptors (Lipinski definition) is 4. The van der Waals surface area contributed by atoms with Gasteiger partial charge in [-0.25, -0.2) is 8.42 Å². The Hall–Kier alpha value is -1.60. The van der Waals surface area contributed by atoms with Gasteiger partial charge in [-0.05, 0) is 25.0 Å². The van der Waals surface area contributed by atoms with Crippen LogP contribution >= 0.6 is 0 Å². The number of rotatable bonds is 5. The number of carboxylic acid groups (broad SMARTS) is 1. The third-order valence-corrected chi connectivity index (χ3v) is 5.48. The van der Waals surface area contributed by atoms with E-state index in [1.54, 1.807) is 19.1 Å². The van der Waals surface area contributed by atoms with E-state index in [0.717, 1.165) is 0 Å². The van der Waals surface area contributed by atoms with Crippen LogP contribution in [-0.4, -0.2) is 43.5 Å². The van der Waals surface area contributed by atoms with Crippen LogP contribution in [0.15, 0.2) is 29.2 Å². The lowest BCUT2D eigenvalue weighted by Gasteiger charge is -2.16. The minimum absolute atomic E-state index is 0.0116. The Morgan fingerprint density at radius 3 is 2.71 bits per heavy atom. The summed E-state index contributed by atoms with van der Waals surface area (Å²) >= 11 is 0. The van der Waals surface area contributed by atoms with Gasteiger partial charge in [0.05, 0.1) is 17.4 Å². The molecule has 1 saturated heterocycles. The zero-order valence-electron chi connectivity index (χ0n) is 12.0. The number of benzene rings is 1. The standard InChI is InChI=1S/C14H19NO5S/c1-3-20-11-5-4-6-12(7-11)21(18,19)15-8-10(2)13(9-15)14(16)17/h4-7,10,13H,3,8-9H2,1-2H3,(H,16,17)/t10-,13-/m1/s1. The molecule has 2 rings (SSSR count). The molecule has 0 unspecified atom stereocenters. The Morgan fingerprint density at radius 2 is 2.14 bits per heavy atom. The Labute approximate surface area is 124 Å². The third-order valence-electron chi connectivity index (χ3n) is 3.65. The van der Waals surface area contributed by atoms with Crippen LogP contribution in [-0.2, 0) is 14.8 Å². The average molecular weight is 313 g/mol. The molecule has 0 bridgehead atoms. The van der Waals surface area contributed by atoms with Gasteiger partial charge >= 0.3 is 5.97 Å². The summed E-state index contributed by atoms with van der Waals surface area (Å²) in [7, 11) is -3.69. The SMILES string of the molecule is CCOc1cccc(S(=O)(=O)N2C[C@@H](C)[C@H](C(=O)O)C2)c1. The minimum atomic E-state index is -3.69. The molecule has 0 amide bonds. The van der Waals surface area contributed by atoms with Crippen molar-refractivity contribution in [2.24, 2.45) is 11.8 Å². The van der Waals surface area contributed by atoms with Gasteiger partial charge in [-0.15, -0.1) is 0 Å². The van der Waals surface area contributed by atoms with Gasteiger partial charge in [-0.2, -0.15) is 4.31 Å². The number of carboxylic acids is 1. The maximum absolute atomic E-state index is 12.6. The summed E-state index contributed by atoms with van der Waals surface area (Å²) in [6.07, 6.45) is 0. The van der Waals surface area contributed by atoms with Gasteiger partial charge in [0.2, 0.25) is 10.0 Å². The molecule has 6 nitrogen and oxygen atoms in total. The predicted molar refractivity (Wildman–Crippen MR) is 76.7 cm³/mol. The summed E-state index contributed by atoms with van der Waals surface area (Å²) in [5.41, 5.74) is 0. The fraction of sp³-hybridized carbons (Fsp3) is 0.500. The predicted octanol–water partition coefficient (Wildman–Crippen LogP) is 1.43. The van der Waals surface area contributed by atoms with E-state index in [1.807, 2.05) is 6.92 Å². The van der Waals surface area contributed by atoms with Gasteiger partial charge in [0, 0.05) is 19.2 Å². The number of sulfonamides is 1. The molecule has 0 saturated carbocycles. The number of nitrogens with zero attached hydrogens (tertiary/aromatic N) is 1. The number of hydrogen-bond donors (Lipinski definition) is 1. The normalized spacial score (nSPS) is 23.1. The van der Waals surface area contributed by atoms with Gasteiger partial charge < -0.3 is 9.84 Å². The van der Waals surface area contributed by atoms with E-state index in [-0.39, 0.29) is 23.9 Å². The number of ether oxygens (including phenoxy) is 1. The van der Waals surface area contributed by atoms with Crippen molar-refractivity contribution in [3.8, 4) is 5.75 Å². The van der Waals surface area contributed by atoms with Gasteiger partial charge in [0.25, 0.3) is 0 Å². The molecule has 1 fully saturated rings. The molecule has 1 heterocycles. The van der Waals surface area contributed by atoms with Crippen molar-refractivity contribution in [2.45, 2.75) is 18.7 Å². The zero-order valence-corrected chi connectivity index (χ0v) is 12.8. The van der Waals surface area contributed by atoms with Crippen LogP contribution in [0.1, 0.15) is 13.8 Å². The molecule has 1 aromatic rings. The molecule has 1 aromatic carbocycles. The monoisotopic (exact) mass is 313 g/mol. The van der Waals surface area contributed by atoms with E-state index < -0.39 is 21.9 Å². The van der Waals surface area contributed by atoms with Crippen molar-refractivity contribution in [3.05, 3.63) is 24.3 Å². The molecule has 116 valence electrons. The second kappa shape index (κ2) is 6.03. The lowest BCUT2D eigenvalue weighted by atomic mass is 9.99. The second-order valence-corrected chi connectivity index (χ2v) is 7.09. The fourth-order valence-corrected chi connectivity index (χ4v) is 4.08. The maximum Gasteiger partial charge on any atom is 0.308 e. The van der Waals surface area contributed by atoms with Gasteiger partial charge in [-0.1, -0.05) is 13.0 Å². The van der Waals surface area contributed by atoms with Crippen LogP contribution < -0.4 is 4.74 Å². The summed E-state index contributed by atoms with van der Waals surface area (Å²) < 4.78 is 31.7. The van der Waals surface area contributed by atoms with Crippen LogP contribution in [0.4, 0.5) is 0 Å². The highest BCUT2D eigenvalue weighted by Gasteiger charge is 2.40. The smallest absolute Gasteiger partial charge is 0.308 e. The van der Waals surface area contributed by atoms with Crippen molar-refractivity contribution in [2.75, 3.05) is 19.7 Å². The Balaban J connectivity index is 2.27. The van der Waals surface area contributed by atoms with Crippen LogP contribution in [0.2, 0.25) is 0 Å². The molecule has 1 N–H and O–H groups in total. The molecule has 2 atom stereocenters. The van der Waals surface area contributed by atoms with Crippen LogP contribution in [0.3, 0.4) is 0 Å². The molecular formula is C14H19NO5S. The summed E-state index contributed by atoms with van der Waals surface area (Å²) in [4.78, 5) is 11.3. The first-order chi connectivity index (χ1) is 9.86. The number of aliphatic carboxylic acids is 1. The van der Waals surface area contributed by atoms with E-state index in [4.69, 9.17) is 9.84 Å². The first-order valence-electron chi connectivity index (χ1n) is 6.82. The maximum atomic E-state index is 12.6. The molecule has 7 heteroatoms. The van der Waals surface area contributed by atoms with Crippen molar-refractivity contribution >= 4 is 16.0 Å². The molecular weight excluding hydrogens is 294 g/mol. The van der Waals surface area contributed by atoms with Crippen molar-refractivity contribution < 1.29 is 23.1 Å². The van der Waals surface area contributed by atoms with Crippen molar-refractivity contribution in [1.82, 2.24) is 4.31 Å². The number of carbonyl (C=O) groups is 1. The molecule has 0 spiro atoms. The Kier molecular flexibility index (Phi) is 4.53. The zero-order chi connectivity index (χ0) is 15.6. The Morgan fingerprint density at radius 1 is 1.43 bits per heavy atom. The van der Waals surface area contributed by atoms with E-state index in [0.29, 0.717) is 12.4 Å². The molecule has 21 heavy (non-hydrogen) atoms. The molecule has 1 aliphatic heterocycles. The fourth-order valence-electron chi connectivity index (χ4n) is 2.48. The topological polar surface area (TPSA) is 83.9 Å². The van der Waals surface area contributed by atoms with Crippen molar-refractivity contribution in [1.29, 1.82) is 0 Å².